The summed E-state index contributed by atoms with van der Waals surface area (Å²) in [5.41, 5.74) is 7.08. The van der Waals surface area contributed by atoms with Crippen molar-refractivity contribution in [2.75, 3.05) is 12.8 Å². The molecule has 9 heteroatoms. The zero-order valence-electron chi connectivity index (χ0n) is 13.4. The van der Waals surface area contributed by atoms with E-state index < -0.39 is 5.97 Å². The highest BCUT2D eigenvalue weighted by Crippen LogP contribution is 2.29. The molecule has 0 unspecified atom stereocenters. The summed E-state index contributed by atoms with van der Waals surface area (Å²) in [7, 11) is 1.41. The highest BCUT2D eigenvalue weighted by molar-refractivity contribution is 7.15. The number of rotatable bonds is 4. The fraction of sp³-hybridized carbons (Fsp3) is 0.188. The number of thiazole rings is 1. The Bertz CT molecular complexity index is 1030. The van der Waals surface area contributed by atoms with E-state index in [1.165, 1.54) is 41.0 Å². The van der Waals surface area contributed by atoms with Gasteiger partial charge in [-0.1, -0.05) is 11.6 Å². The lowest BCUT2D eigenvalue weighted by molar-refractivity contribution is 0.0464. The van der Waals surface area contributed by atoms with Crippen LogP contribution in [0.2, 0.25) is 5.02 Å². The second-order valence-corrected chi connectivity index (χ2v) is 6.47. The molecule has 2 N–H and O–H groups in total. The van der Waals surface area contributed by atoms with Gasteiger partial charge >= 0.3 is 5.97 Å². The molecular weight excluding hydrogens is 366 g/mol. The number of fused-ring (bicyclic) bond motifs is 1. The molecule has 3 aromatic rings. The maximum absolute atomic E-state index is 12.3. The molecule has 0 aliphatic carbocycles. The molecule has 25 heavy (non-hydrogen) atoms. The minimum Gasteiger partial charge on any atom is -0.496 e. The molecule has 2 heterocycles. The summed E-state index contributed by atoms with van der Waals surface area (Å²) in [6.07, 6.45) is 0. The molecule has 3 rings (SSSR count). The van der Waals surface area contributed by atoms with Crippen LogP contribution in [0.25, 0.3) is 4.96 Å². The predicted molar refractivity (Wildman–Crippen MR) is 95.6 cm³/mol. The SMILES string of the molecule is COc1cc(N)c(Cl)cc1C(=O)OCc1cc(=O)n2c(C)csc2n1. The minimum absolute atomic E-state index is 0.145. The van der Waals surface area contributed by atoms with E-state index in [-0.39, 0.29) is 28.5 Å². The molecule has 0 aliphatic rings. The number of carbonyl (C=O) groups excluding carboxylic acids is 1. The lowest BCUT2D eigenvalue weighted by atomic mass is 10.2. The summed E-state index contributed by atoms with van der Waals surface area (Å²) < 4.78 is 11.9. The number of benzene rings is 1. The minimum atomic E-state index is -0.650. The van der Waals surface area contributed by atoms with Crippen LogP contribution in [0.1, 0.15) is 21.7 Å². The van der Waals surface area contributed by atoms with Gasteiger partial charge in [0.15, 0.2) is 4.96 Å². The van der Waals surface area contributed by atoms with Crippen LogP contribution in [0, 0.1) is 6.92 Å². The molecule has 0 atom stereocenters. The molecule has 1 aromatic carbocycles. The van der Waals surface area contributed by atoms with Gasteiger partial charge in [0.1, 0.15) is 17.9 Å². The topological polar surface area (TPSA) is 95.9 Å². The van der Waals surface area contributed by atoms with Gasteiger partial charge < -0.3 is 15.2 Å². The number of carbonyl (C=O) groups is 1. The first-order chi connectivity index (χ1) is 11.9. The zero-order chi connectivity index (χ0) is 18.1. The van der Waals surface area contributed by atoms with Crippen molar-refractivity contribution < 1.29 is 14.3 Å². The van der Waals surface area contributed by atoms with E-state index in [9.17, 15) is 9.59 Å². The summed E-state index contributed by atoms with van der Waals surface area (Å²) in [5.74, 6) is -0.396. The number of aryl methyl sites for hydroxylation is 1. The van der Waals surface area contributed by atoms with Crippen molar-refractivity contribution in [3.8, 4) is 5.75 Å². The normalized spacial score (nSPS) is 10.8. The number of nitrogens with two attached hydrogens (primary N) is 1. The molecule has 7 nitrogen and oxygen atoms in total. The van der Waals surface area contributed by atoms with Gasteiger partial charge in [0.05, 0.1) is 23.5 Å². The number of halogens is 1. The van der Waals surface area contributed by atoms with Gasteiger partial charge in [-0.15, -0.1) is 11.3 Å². The molecular formula is C16H14ClN3O4S. The smallest absolute Gasteiger partial charge is 0.342 e. The number of anilines is 1. The van der Waals surface area contributed by atoms with Crippen LogP contribution in [0.4, 0.5) is 5.69 Å². The number of methoxy groups -OCH3 is 1. The number of esters is 1. The van der Waals surface area contributed by atoms with Crippen molar-refractivity contribution in [3.05, 3.63) is 55.9 Å². The Morgan fingerprint density at radius 1 is 1.40 bits per heavy atom. The van der Waals surface area contributed by atoms with Gasteiger partial charge in [-0.25, -0.2) is 9.78 Å². The number of nitrogens with zero attached hydrogens (tertiary/aromatic N) is 2. The monoisotopic (exact) mass is 379 g/mol. The number of ether oxygens (including phenoxy) is 2. The third-order valence-electron chi connectivity index (χ3n) is 3.52. The molecule has 0 radical (unpaired) electrons. The van der Waals surface area contributed by atoms with Crippen molar-refractivity contribution >= 4 is 39.6 Å². The third-order valence-corrected chi connectivity index (χ3v) is 4.79. The van der Waals surface area contributed by atoms with Crippen molar-refractivity contribution in [1.82, 2.24) is 9.38 Å². The van der Waals surface area contributed by atoms with Crippen molar-refractivity contribution in [2.45, 2.75) is 13.5 Å². The number of hydrogen-bond acceptors (Lipinski definition) is 7. The maximum Gasteiger partial charge on any atom is 0.342 e. The summed E-state index contributed by atoms with van der Waals surface area (Å²) in [6.45, 7) is 1.68. The Labute approximate surface area is 151 Å². The van der Waals surface area contributed by atoms with Crippen LogP contribution in [-0.4, -0.2) is 22.5 Å². The Kier molecular flexibility index (Phi) is 4.65. The Morgan fingerprint density at radius 3 is 2.88 bits per heavy atom. The van der Waals surface area contributed by atoms with Gasteiger partial charge in [0.25, 0.3) is 5.56 Å². The van der Waals surface area contributed by atoms with Crippen molar-refractivity contribution in [2.24, 2.45) is 0 Å². The van der Waals surface area contributed by atoms with Crippen LogP contribution in [0.5, 0.6) is 5.75 Å². The molecule has 0 bridgehead atoms. The van der Waals surface area contributed by atoms with Crippen LogP contribution in [0.15, 0.2) is 28.4 Å². The standard InChI is InChI=1S/C16H14ClN3O4S/c1-8-7-25-16-19-9(3-14(21)20(8)16)6-24-15(22)10-4-11(17)12(18)5-13(10)23-2/h3-5,7H,6,18H2,1-2H3. The molecule has 0 amide bonds. The molecule has 0 saturated carbocycles. The average Bonchev–Trinajstić information content (AvgIpc) is 2.96. The Morgan fingerprint density at radius 2 is 2.16 bits per heavy atom. The predicted octanol–water partition coefficient (Wildman–Crippen LogP) is 2.67. The number of hydrogen-bond donors (Lipinski definition) is 1. The van der Waals surface area contributed by atoms with Gasteiger partial charge in [0, 0.05) is 23.2 Å². The highest BCUT2D eigenvalue weighted by atomic mass is 35.5. The average molecular weight is 380 g/mol. The molecule has 0 fully saturated rings. The Hall–Kier alpha value is -2.58. The van der Waals surface area contributed by atoms with Crippen LogP contribution in [0.3, 0.4) is 0 Å². The van der Waals surface area contributed by atoms with Crippen molar-refractivity contribution in [3.63, 3.8) is 0 Å². The van der Waals surface area contributed by atoms with Gasteiger partial charge in [-0.3, -0.25) is 9.20 Å². The summed E-state index contributed by atoms with van der Waals surface area (Å²) in [5, 5.41) is 2.06. The third kappa shape index (κ3) is 3.31. The lowest BCUT2D eigenvalue weighted by Gasteiger charge is -2.10. The largest absolute Gasteiger partial charge is 0.496 e. The van der Waals surface area contributed by atoms with E-state index in [2.05, 4.69) is 4.98 Å². The van der Waals surface area contributed by atoms with E-state index in [1.807, 2.05) is 12.3 Å². The molecule has 0 spiro atoms. The first-order valence-corrected chi connectivity index (χ1v) is 8.43. The first-order valence-electron chi connectivity index (χ1n) is 7.17. The van der Waals surface area contributed by atoms with E-state index in [0.29, 0.717) is 16.3 Å². The summed E-state index contributed by atoms with van der Waals surface area (Å²) in [6, 6.07) is 4.17. The van der Waals surface area contributed by atoms with Crippen LogP contribution >= 0.6 is 22.9 Å². The Balaban J connectivity index is 1.83. The highest BCUT2D eigenvalue weighted by Gasteiger charge is 2.17. The van der Waals surface area contributed by atoms with Crippen LogP contribution in [-0.2, 0) is 11.3 Å². The van der Waals surface area contributed by atoms with Gasteiger partial charge in [-0.2, -0.15) is 0 Å². The maximum atomic E-state index is 12.3. The van der Waals surface area contributed by atoms with E-state index >= 15 is 0 Å². The van der Waals surface area contributed by atoms with Crippen molar-refractivity contribution in [1.29, 1.82) is 0 Å². The van der Waals surface area contributed by atoms with Crippen LogP contribution < -0.4 is 16.0 Å². The van der Waals surface area contributed by atoms with E-state index in [0.717, 1.165) is 5.69 Å². The lowest BCUT2D eigenvalue weighted by Crippen LogP contribution is -2.16. The second-order valence-electron chi connectivity index (χ2n) is 5.23. The molecule has 0 aliphatic heterocycles. The van der Waals surface area contributed by atoms with E-state index in [4.69, 9.17) is 26.8 Å². The number of aromatic nitrogens is 2. The van der Waals surface area contributed by atoms with E-state index in [1.54, 1.807) is 0 Å². The van der Waals surface area contributed by atoms with Gasteiger partial charge in [0.2, 0.25) is 0 Å². The molecule has 130 valence electrons. The fourth-order valence-electron chi connectivity index (χ4n) is 2.29. The molecule has 0 saturated heterocycles. The molecule has 2 aromatic heterocycles. The fourth-order valence-corrected chi connectivity index (χ4v) is 3.34. The quantitative estimate of drug-likeness (QED) is 0.553. The van der Waals surface area contributed by atoms with Gasteiger partial charge in [-0.05, 0) is 13.0 Å². The number of nitrogen functional groups attached to an aromatic ring is 1. The summed E-state index contributed by atoms with van der Waals surface area (Å²) >= 11 is 7.29. The zero-order valence-corrected chi connectivity index (χ0v) is 15.0. The summed E-state index contributed by atoms with van der Waals surface area (Å²) in [4.78, 5) is 29.3. The first kappa shape index (κ1) is 17.2. The second kappa shape index (κ2) is 6.73.